The van der Waals surface area contributed by atoms with Crippen LogP contribution in [-0.4, -0.2) is 5.91 Å². The highest BCUT2D eigenvalue weighted by Gasteiger charge is 2.12. The molecule has 3 N–H and O–H groups in total. The van der Waals surface area contributed by atoms with Gasteiger partial charge in [0.2, 0.25) is 0 Å². The summed E-state index contributed by atoms with van der Waals surface area (Å²) in [7, 11) is 0. The van der Waals surface area contributed by atoms with Crippen LogP contribution >= 0.6 is 11.6 Å². The second-order valence-corrected chi connectivity index (χ2v) is 5.30. The van der Waals surface area contributed by atoms with Gasteiger partial charge in [-0.05, 0) is 61.7 Å². The fraction of sp³-hybridized carbons (Fsp3) is 0.188. The lowest BCUT2D eigenvalue weighted by Gasteiger charge is -2.12. The molecule has 0 aliphatic carbocycles. The topological polar surface area (TPSA) is 55.1 Å². The zero-order valence-corrected chi connectivity index (χ0v) is 12.5. The monoisotopic (exact) mass is 288 g/mol. The van der Waals surface area contributed by atoms with Gasteiger partial charge < -0.3 is 11.1 Å². The summed E-state index contributed by atoms with van der Waals surface area (Å²) in [5.41, 5.74) is 10.6. The maximum Gasteiger partial charge on any atom is 0.255 e. The lowest BCUT2D eigenvalue weighted by Crippen LogP contribution is -2.14. The third-order valence-electron chi connectivity index (χ3n) is 3.37. The Morgan fingerprint density at radius 1 is 1.15 bits per heavy atom. The van der Waals surface area contributed by atoms with E-state index in [1.165, 1.54) is 0 Å². The minimum atomic E-state index is -0.169. The van der Waals surface area contributed by atoms with Gasteiger partial charge in [0.15, 0.2) is 0 Å². The first-order valence-electron chi connectivity index (χ1n) is 6.33. The predicted molar refractivity (Wildman–Crippen MR) is 84.5 cm³/mol. The molecule has 3 nitrogen and oxygen atoms in total. The minimum Gasteiger partial charge on any atom is -0.399 e. The van der Waals surface area contributed by atoms with Gasteiger partial charge in [0.1, 0.15) is 0 Å². The fourth-order valence-electron chi connectivity index (χ4n) is 2.02. The van der Waals surface area contributed by atoms with Gasteiger partial charge in [-0.1, -0.05) is 17.7 Å². The van der Waals surface area contributed by atoms with Crippen LogP contribution in [0.2, 0.25) is 5.02 Å². The molecule has 4 heteroatoms. The summed E-state index contributed by atoms with van der Waals surface area (Å²) >= 11 is 6.04. The van der Waals surface area contributed by atoms with E-state index in [1.807, 2.05) is 32.9 Å². The molecular formula is C16H17ClN2O. The van der Waals surface area contributed by atoms with Crippen LogP contribution in [0.3, 0.4) is 0 Å². The standard InChI is InChI=1S/C16H17ClN2O/c1-9-8-15(10(2)7-14(9)18)19-16(20)12-5-4-6-13(17)11(12)3/h4-8H,18H2,1-3H3,(H,19,20). The van der Waals surface area contributed by atoms with Gasteiger partial charge in [0.05, 0.1) is 0 Å². The molecule has 20 heavy (non-hydrogen) atoms. The smallest absolute Gasteiger partial charge is 0.255 e. The number of carbonyl (C=O) groups is 1. The maximum atomic E-state index is 12.3. The van der Waals surface area contributed by atoms with Crippen LogP contribution in [-0.2, 0) is 0 Å². The molecule has 2 aromatic carbocycles. The predicted octanol–water partition coefficient (Wildman–Crippen LogP) is 4.10. The zero-order valence-electron chi connectivity index (χ0n) is 11.8. The summed E-state index contributed by atoms with van der Waals surface area (Å²) in [6.07, 6.45) is 0. The highest BCUT2D eigenvalue weighted by atomic mass is 35.5. The van der Waals surface area contributed by atoms with E-state index < -0.39 is 0 Å². The third kappa shape index (κ3) is 2.78. The Bertz CT molecular complexity index is 680. The molecule has 2 rings (SSSR count). The Hall–Kier alpha value is -2.00. The van der Waals surface area contributed by atoms with Crippen molar-refractivity contribution in [2.75, 3.05) is 11.1 Å². The average Bonchev–Trinajstić information content (AvgIpc) is 2.39. The molecule has 0 fully saturated rings. The first-order chi connectivity index (χ1) is 9.40. The molecule has 2 aromatic rings. The number of halogens is 1. The summed E-state index contributed by atoms with van der Waals surface area (Å²) in [5.74, 6) is -0.169. The van der Waals surface area contributed by atoms with Gasteiger partial charge in [-0.15, -0.1) is 0 Å². The Morgan fingerprint density at radius 2 is 1.85 bits per heavy atom. The van der Waals surface area contributed by atoms with Crippen molar-refractivity contribution in [3.8, 4) is 0 Å². The highest BCUT2D eigenvalue weighted by Crippen LogP contribution is 2.24. The van der Waals surface area contributed by atoms with Crippen molar-refractivity contribution in [3.63, 3.8) is 0 Å². The number of anilines is 2. The molecule has 0 heterocycles. The highest BCUT2D eigenvalue weighted by molar-refractivity contribution is 6.32. The Morgan fingerprint density at radius 3 is 2.55 bits per heavy atom. The first-order valence-corrected chi connectivity index (χ1v) is 6.71. The molecule has 0 saturated heterocycles. The van der Waals surface area contributed by atoms with Crippen molar-refractivity contribution < 1.29 is 4.79 Å². The normalized spacial score (nSPS) is 10.4. The molecular weight excluding hydrogens is 272 g/mol. The maximum absolute atomic E-state index is 12.3. The summed E-state index contributed by atoms with van der Waals surface area (Å²) < 4.78 is 0. The lowest BCUT2D eigenvalue weighted by molar-refractivity contribution is 0.102. The second kappa shape index (κ2) is 5.55. The number of nitrogen functional groups attached to an aromatic ring is 1. The number of hydrogen-bond acceptors (Lipinski definition) is 2. The van der Waals surface area contributed by atoms with Gasteiger partial charge in [-0.2, -0.15) is 0 Å². The van der Waals surface area contributed by atoms with Gasteiger partial charge in [0, 0.05) is 22.0 Å². The van der Waals surface area contributed by atoms with E-state index in [1.54, 1.807) is 18.2 Å². The van der Waals surface area contributed by atoms with Crippen LogP contribution in [0.4, 0.5) is 11.4 Å². The van der Waals surface area contributed by atoms with E-state index in [0.29, 0.717) is 10.6 Å². The van der Waals surface area contributed by atoms with E-state index in [2.05, 4.69) is 5.32 Å². The summed E-state index contributed by atoms with van der Waals surface area (Å²) in [4.78, 5) is 12.3. The van der Waals surface area contributed by atoms with Gasteiger partial charge in [-0.25, -0.2) is 0 Å². The fourth-order valence-corrected chi connectivity index (χ4v) is 2.19. The molecule has 0 aliphatic rings. The summed E-state index contributed by atoms with van der Waals surface area (Å²) in [5, 5.41) is 3.50. The Labute approximate surface area is 123 Å². The van der Waals surface area contributed by atoms with Crippen molar-refractivity contribution in [3.05, 3.63) is 57.6 Å². The van der Waals surface area contributed by atoms with Gasteiger partial charge in [-0.3, -0.25) is 4.79 Å². The van der Waals surface area contributed by atoms with E-state index in [9.17, 15) is 4.79 Å². The van der Waals surface area contributed by atoms with Crippen LogP contribution < -0.4 is 11.1 Å². The average molecular weight is 289 g/mol. The lowest BCUT2D eigenvalue weighted by atomic mass is 10.1. The molecule has 1 amide bonds. The molecule has 0 saturated carbocycles. The van der Waals surface area contributed by atoms with E-state index >= 15 is 0 Å². The minimum absolute atomic E-state index is 0.169. The number of carbonyl (C=O) groups excluding carboxylic acids is 1. The first kappa shape index (κ1) is 14.4. The third-order valence-corrected chi connectivity index (χ3v) is 3.78. The number of rotatable bonds is 2. The largest absolute Gasteiger partial charge is 0.399 e. The molecule has 0 aromatic heterocycles. The van der Waals surface area contributed by atoms with Crippen molar-refractivity contribution in [1.29, 1.82) is 0 Å². The van der Waals surface area contributed by atoms with E-state index in [-0.39, 0.29) is 5.91 Å². The van der Waals surface area contributed by atoms with Crippen LogP contribution in [0.25, 0.3) is 0 Å². The molecule has 0 unspecified atom stereocenters. The van der Waals surface area contributed by atoms with E-state index in [0.717, 1.165) is 28.1 Å². The number of aryl methyl sites for hydroxylation is 2. The number of hydrogen-bond donors (Lipinski definition) is 2. The summed E-state index contributed by atoms with van der Waals surface area (Å²) in [6.45, 7) is 5.66. The van der Waals surface area contributed by atoms with Crippen LogP contribution in [0.15, 0.2) is 30.3 Å². The van der Waals surface area contributed by atoms with Gasteiger partial charge in [0.25, 0.3) is 5.91 Å². The van der Waals surface area contributed by atoms with Crippen molar-refractivity contribution in [1.82, 2.24) is 0 Å². The second-order valence-electron chi connectivity index (χ2n) is 4.89. The van der Waals surface area contributed by atoms with Crippen molar-refractivity contribution in [2.45, 2.75) is 20.8 Å². The molecule has 104 valence electrons. The Kier molecular flexibility index (Phi) is 4.00. The Balaban J connectivity index is 2.33. The van der Waals surface area contributed by atoms with Crippen molar-refractivity contribution in [2.24, 2.45) is 0 Å². The number of amides is 1. The zero-order chi connectivity index (χ0) is 14.9. The molecule has 0 atom stereocenters. The molecule has 0 aliphatic heterocycles. The van der Waals surface area contributed by atoms with E-state index in [4.69, 9.17) is 17.3 Å². The quantitative estimate of drug-likeness (QED) is 0.818. The van der Waals surface area contributed by atoms with Crippen LogP contribution in [0, 0.1) is 20.8 Å². The molecule has 0 radical (unpaired) electrons. The summed E-state index contributed by atoms with van der Waals surface area (Å²) in [6, 6.07) is 9.03. The number of nitrogens with one attached hydrogen (secondary N) is 1. The molecule has 0 spiro atoms. The number of benzene rings is 2. The van der Waals surface area contributed by atoms with Crippen LogP contribution in [0.5, 0.6) is 0 Å². The van der Waals surface area contributed by atoms with Crippen LogP contribution in [0.1, 0.15) is 27.0 Å². The number of nitrogens with two attached hydrogens (primary N) is 1. The SMILES string of the molecule is Cc1cc(NC(=O)c2cccc(Cl)c2C)c(C)cc1N. The van der Waals surface area contributed by atoms with Crippen molar-refractivity contribution >= 4 is 28.9 Å². The molecule has 0 bridgehead atoms. The van der Waals surface area contributed by atoms with Gasteiger partial charge >= 0.3 is 0 Å².